The predicted molar refractivity (Wildman–Crippen MR) is 117 cm³/mol. The number of likely N-dealkylation sites (tertiary alicyclic amines) is 1. The molecule has 1 aromatic heterocycles. The summed E-state index contributed by atoms with van der Waals surface area (Å²) in [6, 6.07) is 3.82. The fourth-order valence-electron chi connectivity index (χ4n) is 5.43. The summed E-state index contributed by atoms with van der Waals surface area (Å²) in [5, 5.41) is 27.2. The average molecular weight is 447 g/mol. The summed E-state index contributed by atoms with van der Waals surface area (Å²) in [6.07, 6.45) is 6.32. The Morgan fingerprint density at radius 3 is 2.32 bits per heavy atom. The van der Waals surface area contributed by atoms with Gasteiger partial charge in [0.25, 0.3) is 0 Å². The van der Waals surface area contributed by atoms with Gasteiger partial charge in [-0.1, -0.05) is 12.1 Å². The van der Waals surface area contributed by atoms with E-state index in [1.54, 1.807) is 6.92 Å². The van der Waals surface area contributed by atoms with Gasteiger partial charge in [-0.3, -0.25) is 5.41 Å². The van der Waals surface area contributed by atoms with Gasteiger partial charge in [0.2, 0.25) is 10.0 Å². The van der Waals surface area contributed by atoms with E-state index in [4.69, 9.17) is 16.3 Å². The highest BCUT2D eigenvalue weighted by molar-refractivity contribution is 7.89. The molecule has 31 heavy (non-hydrogen) atoms. The summed E-state index contributed by atoms with van der Waals surface area (Å²) in [5.74, 6) is 2.05. The number of aryl methyl sites for hydroxylation is 1. The third-order valence-corrected chi connectivity index (χ3v) is 8.11. The van der Waals surface area contributed by atoms with Crippen LogP contribution in [-0.2, 0) is 10.0 Å². The lowest BCUT2D eigenvalue weighted by molar-refractivity contribution is 0.158. The monoisotopic (exact) mass is 446 g/mol. The first kappa shape index (κ1) is 21.7. The van der Waals surface area contributed by atoms with Gasteiger partial charge in [0.05, 0.1) is 4.90 Å². The van der Waals surface area contributed by atoms with Crippen LogP contribution in [0.2, 0.25) is 0 Å². The minimum Gasteiger partial charge on any atom is -0.370 e. The van der Waals surface area contributed by atoms with Crippen molar-refractivity contribution < 1.29 is 8.42 Å². The minimum absolute atomic E-state index is 0.0993. The van der Waals surface area contributed by atoms with Crippen LogP contribution in [0.4, 0.5) is 0 Å². The SMILES string of the molecule is Cc1ccc([C@H]2CC[C@H](C3CCN(C(=N)N)CC3)CC2)c(-c2nnn[nH]2)c1S(N)(=O)=O. The largest absolute Gasteiger partial charge is 0.370 e. The smallest absolute Gasteiger partial charge is 0.239 e. The number of nitrogens with zero attached hydrogens (tertiary/aromatic N) is 4. The standard InChI is InChI=1S/C20H30N8O2S/c1-12-2-7-16(17(18(12)31(23,29)30)19-24-26-27-25-19)15-5-3-13(4-6-15)14-8-10-28(11-9-14)20(21)22/h2,7,13-15H,3-6,8-11H2,1H3,(H3,21,22)(H2,23,29,30)(H,24,25,26,27)/t13-,15-. The van der Waals surface area contributed by atoms with Gasteiger partial charge in [-0.25, -0.2) is 18.7 Å². The number of sulfonamides is 1. The number of aromatic amines is 1. The number of piperidine rings is 1. The number of nitrogens with one attached hydrogen (secondary N) is 2. The van der Waals surface area contributed by atoms with Crippen molar-refractivity contribution >= 4 is 16.0 Å². The van der Waals surface area contributed by atoms with Crippen molar-refractivity contribution in [2.45, 2.75) is 56.3 Å². The summed E-state index contributed by atoms with van der Waals surface area (Å²) in [6.45, 7) is 3.46. The Morgan fingerprint density at radius 2 is 1.77 bits per heavy atom. The summed E-state index contributed by atoms with van der Waals surface area (Å²) in [5.41, 5.74) is 7.66. The zero-order chi connectivity index (χ0) is 22.2. The molecule has 2 heterocycles. The van der Waals surface area contributed by atoms with Crippen molar-refractivity contribution in [3.05, 3.63) is 23.3 Å². The lowest BCUT2D eigenvalue weighted by Gasteiger charge is -2.39. The van der Waals surface area contributed by atoms with Crippen LogP contribution >= 0.6 is 0 Å². The number of nitrogens with two attached hydrogens (primary N) is 2. The topological polar surface area (TPSA) is 168 Å². The zero-order valence-corrected chi connectivity index (χ0v) is 18.5. The van der Waals surface area contributed by atoms with Crippen LogP contribution in [0.15, 0.2) is 17.0 Å². The van der Waals surface area contributed by atoms with Gasteiger partial charge in [0.1, 0.15) is 0 Å². The van der Waals surface area contributed by atoms with Crippen LogP contribution in [0.25, 0.3) is 11.4 Å². The molecular weight excluding hydrogens is 416 g/mol. The molecule has 10 nitrogen and oxygen atoms in total. The number of hydrogen-bond acceptors (Lipinski definition) is 6. The quantitative estimate of drug-likeness (QED) is 0.409. The highest BCUT2D eigenvalue weighted by atomic mass is 32.2. The molecule has 0 spiro atoms. The number of aromatic nitrogens is 4. The molecule has 1 aliphatic carbocycles. The van der Waals surface area contributed by atoms with E-state index in [2.05, 4.69) is 20.6 Å². The first-order valence-corrected chi connectivity index (χ1v) is 12.3. The number of H-pyrrole nitrogens is 1. The summed E-state index contributed by atoms with van der Waals surface area (Å²) >= 11 is 0. The van der Waals surface area contributed by atoms with E-state index in [1.165, 1.54) is 0 Å². The molecule has 0 amide bonds. The molecule has 4 rings (SSSR count). The number of rotatable bonds is 4. The van der Waals surface area contributed by atoms with Crippen LogP contribution in [0.5, 0.6) is 0 Å². The van der Waals surface area contributed by atoms with E-state index in [-0.39, 0.29) is 16.8 Å². The van der Waals surface area contributed by atoms with E-state index < -0.39 is 10.0 Å². The molecule has 1 aliphatic heterocycles. The first-order chi connectivity index (χ1) is 14.8. The summed E-state index contributed by atoms with van der Waals surface area (Å²) < 4.78 is 24.8. The predicted octanol–water partition coefficient (Wildman–Crippen LogP) is 1.70. The molecule has 0 radical (unpaired) electrons. The van der Waals surface area contributed by atoms with Crippen LogP contribution in [0.3, 0.4) is 0 Å². The van der Waals surface area contributed by atoms with Gasteiger partial charge < -0.3 is 10.6 Å². The molecule has 1 saturated heterocycles. The Morgan fingerprint density at radius 1 is 1.13 bits per heavy atom. The van der Waals surface area contributed by atoms with Crippen molar-refractivity contribution in [2.24, 2.45) is 22.7 Å². The van der Waals surface area contributed by atoms with E-state index in [0.29, 0.717) is 28.8 Å². The fourth-order valence-corrected chi connectivity index (χ4v) is 6.45. The lowest BCUT2D eigenvalue weighted by atomic mass is 9.70. The number of tetrazole rings is 1. The maximum atomic E-state index is 12.4. The normalized spacial score (nSPS) is 23.1. The Kier molecular flexibility index (Phi) is 5.98. The highest BCUT2D eigenvalue weighted by Gasteiger charge is 2.33. The van der Waals surface area contributed by atoms with Gasteiger partial charge in [-0.15, -0.1) is 5.10 Å². The average Bonchev–Trinajstić information content (AvgIpc) is 3.27. The molecule has 0 unspecified atom stereocenters. The van der Waals surface area contributed by atoms with Crippen LogP contribution < -0.4 is 10.9 Å². The van der Waals surface area contributed by atoms with Crippen molar-refractivity contribution in [3.8, 4) is 11.4 Å². The number of primary sulfonamides is 1. The van der Waals surface area contributed by atoms with Crippen LogP contribution in [0, 0.1) is 24.2 Å². The second-order valence-corrected chi connectivity index (χ2v) is 10.3. The molecule has 2 fully saturated rings. The van der Waals surface area contributed by atoms with Crippen molar-refractivity contribution in [1.82, 2.24) is 25.5 Å². The first-order valence-electron chi connectivity index (χ1n) is 10.7. The number of hydrogen-bond donors (Lipinski definition) is 4. The third-order valence-electron chi connectivity index (χ3n) is 7.01. The van der Waals surface area contributed by atoms with Gasteiger partial charge >= 0.3 is 0 Å². The second-order valence-electron chi connectivity index (χ2n) is 8.79. The van der Waals surface area contributed by atoms with Crippen LogP contribution in [-0.4, -0.2) is 53.0 Å². The molecule has 2 aromatic rings. The fraction of sp³-hybridized carbons (Fsp3) is 0.600. The van der Waals surface area contributed by atoms with Crippen LogP contribution in [0.1, 0.15) is 55.6 Å². The molecule has 0 bridgehead atoms. The second kappa shape index (κ2) is 8.54. The number of benzene rings is 1. The molecular formula is C20H30N8O2S. The van der Waals surface area contributed by atoms with E-state index in [1.807, 2.05) is 17.0 Å². The van der Waals surface area contributed by atoms with Gasteiger partial charge in [-0.2, -0.15) is 0 Å². The van der Waals surface area contributed by atoms with Crippen molar-refractivity contribution in [2.75, 3.05) is 13.1 Å². The molecule has 168 valence electrons. The Labute approximate surface area is 182 Å². The maximum absolute atomic E-state index is 12.4. The van der Waals surface area contributed by atoms with Gasteiger partial charge in [0, 0.05) is 18.7 Å². The molecule has 1 aromatic carbocycles. The van der Waals surface area contributed by atoms with Gasteiger partial charge in [-0.05, 0) is 84.8 Å². The molecule has 1 saturated carbocycles. The Bertz CT molecular complexity index is 1040. The minimum atomic E-state index is -3.94. The molecule has 2 aliphatic rings. The van der Waals surface area contributed by atoms with E-state index in [0.717, 1.165) is 57.2 Å². The lowest BCUT2D eigenvalue weighted by Crippen LogP contribution is -2.43. The molecule has 0 atom stereocenters. The molecule has 11 heteroatoms. The van der Waals surface area contributed by atoms with Crippen molar-refractivity contribution in [1.29, 1.82) is 5.41 Å². The van der Waals surface area contributed by atoms with E-state index >= 15 is 0 Å². The van der Waals surface area contributed by atoms with Crippen molar-refractivity contribution in [3.63, 3.8) is 0 Å². The highest BCUT2D eigenvalue weighted by Crippen LogP contribution is 2.45. The van der Waals surface area contributed by atoms with Gasteiger partial charge in [0.15, 0.2) is 11.8 Å². The maximum Gasteiger partial charge on any atom is 0.239 e. The summed E-state index contributed by atoms with van der Waals surface area (Å²) in [7, 11) is -3.94. The summed E-state index contributed by atoms with van der Waals surface area (Å²) in [4.78, 5) is 2.04. The van der Waals surface area contributed by atoms with E-state index in [9.17, 15) is 8.42 Å². The Balaban J connectivity index is 1.55. The Hall–Kier alpha value is -2.53. The number of guanidine groups is 1. The zero-order valence-electron chi connectivity index (χ0n) is 17.7. The molecule has 6 N–H and O–H groups in total. The third kappa shape index (κ3) is 4.42.